The molecule has 0 N–H and O–H groups in total. The molecule has 1 saturated heterocycles. The van der Waals surface area contributed by atoms with Crippen molar-refractivity contribution >= 4 is 5.65 Å². The molecule has 4 aromatic heterocycles. The molecular weight excluding hydrogens is 459 g/mol. The van der Waals surface area contributed by atoms with Gasteiger partial charge in [0.25, 0.3) is 0 Å². The van der Waals surface area contributed by atoms with Crippen LogP contribution < -0.4 is 0 Å². The van der Waals surface area contributed by atoms with Crippen molar-refractivity contribution in [3.8, 4) is 28.7 Å². The number of imidazole rings is 1. The Labute approximate surface area is 198 Å². The highest BCUT2D eigenvalue weighted by atomic mass is 19.4. The lowest BCUT2D eigenvalue weighted by molar-refractivity contribution is -0.167. The molecule has 2 fully saturated rings. The summed E-state index contributed by atoms with van der Waals surface area (Å²) in [7, 11) is 0. The maximum atomic E-state index is 12.8. The number of nitrogens with zero attached hydrogens (tertiary/aromatic N) is 9. The fraction of sp³-hybridized carbons (Fsp3) is 0.435. The molecule has 0 spiro atoms. The number of halogens is 3. The van der Waals surface area contributed by atoms with Crippen molar-refractivity contribution in [2.45, 2.75) is 43.4 Å². The van der Waals surface area contributed by atoms with E-state index in [-0.39, 0.29) is 19.5 Å². The molecule has 35 heavy (non-hydrogen) atoms. The average molecular weight is 481 g/mol. The van der Waals surface area contributed by atoms with E-state index in [4.69, 9.17) is 4.98 Å². The molecule has 2 aliphatic rings. The van der Waals surface area contributed by atoms with Crippen LogP contribution in [0.15, 0.2) is 43.2 Å². The fourth-order valence-electron chi connectivity index (χ4n) is 4.93. The van der Waals surface area contributed by atoms with E-state index in [0.29, 0.717) is 23.1 Å². The van der Waals surface area contributed by atoms with Crippen molar-refractivity contribution in [2.24, 2.45) is 0 Å². The Kier molecular flexibility index (Phi) is 4.93. The van der Waals surface area contributed by atoms with E-state index in [1.54, 1.807) is 35.7 Å². The minimum atomic E-state index is -4.28. The van der Waals surface area contributed by atoms with Gasteiger partial charge in [0.05, 0.1) is 48.7 Å². The first kappa shape index (κ1) is 21.8. The Morgan fingerprint density at radius 2 is 1.91 bits per heavy atom. The number of hydrogen-bond donors (Lipinski definition) is 0. The molecule has 4 aromatic rings. The van der Waals surface area contributed by atoms with E-state index in [0.717, 1.165) is 24.1 Å². The number of fused-ring (bicyclic) bond motifs is 1. The van der Waals surface area contributed by atoms with Gasteiger partial charge in [-0.3, -0.25) is 18.7 Å². The topological polar surface area (TPSA) is 92.9 Å². The lowest BCUT2D eigenvalue weighted by Crippen LogP contribution is -2.64. The zero-order valence-corrected chi connectivity index (χ0v) is 18.7. The summed E-state index contributed by atoms with van der Waals surface area (Å²) < 4.78 is 43.9. The molecule has 9 nitrogen and oxygen atoms in total. The van der Waals surface area contributed by atoms with Crippen LogP contribution in [-0.4, -0.2) is 64.6 Å². The first-order valence-electron chi connectivity index (χ1n) is 11.4. The monoisotopic (exact) mass is 481 g/mol. The van der Waals surface area contributed by atoms with Crippen LogP contribution in [0.25, 0.3) is 28.3 Å². The third-order valence-electron chi connectivity index (χ3n) is 6.91. The number of hydrogen-bond acceptors (Lipinski definition) is 6. The number of rotatable bonds is 6. The third-order valence-corrected chi connectivity index (χ3v) is 6.91. The summed E-state index contributed by atoms with van der Waals surface area (Å²) >= 11 is 0. The van der Waals surface area contributed by atoms with Gasteiger partial charge in [-0.05, 0) is 19.3 Å². The van der Waals surface area contributed by atoms with E-state index in [9.17, 15) is 18.4 Å². The quantitative estimate of drug-likeness (QED) is 0.417. The Bertz CT molecular complexity index is 1410. The molecule has 12 heteroatoms. The lowest BCUT2D eigenvalue weighted by Gasteiger charge is -2.49. The van der Waals surface area contributed by atoms with E-state index in [1.165, 1.54) is 11.3 Å². The van der Waals surface area contributed by atoms with Crippen molar-refractivity contribution in [1.29, 1.82) is 5.26 Å². The summed E-state index contributed by atoms with van der Waals surface area (Å²) in [6.45, 7) is -0.785. The van der Waals surface area contributed by atoms with Gasteiger partial charge in [-0.1, -0.05) is 0 Å². The van der Waals surface area contributed by atoms with Gasteiger partial charge in [0.1, 0.15) is 17.0 Å². The smallest absolute Gasteiger partial charge is 0.290 e. The molecule has 1 aliphatic carbocycles. The first-order valence-corrected chi connectivity index (χ1v) is 11.4. The van der Waals surface area contributed by atoms with Crippen LogP contribution in [0.1, 0.15) is 31.7 Å². The predicted molar refractivity (Wildman–Crippen MR) is 119 cm³/mol. The first-order chi connectivity index (χ1) is 16.8. The van der Waals surface area contributed by atoms with Crippen LogP contribution in [0.5, 0.6) is 0 Å². The van der Waals surface area contributed by atoms with Gasteiger partial charge in [-0.25, -0.2) is 9.97 Å². The van der Waals surface area contributed by atoms with Gasteiger partial charge in [-0.15, -0.1) is 0 Å². The third kappa shape index (κ3) is 3.85. The van der Waals surface area contributed by atoms with E-state index in [1.807, 2.05) is 21.3 Å². The van der Waals surface area contributed by atoms with Crippen LogP contribution in [0.3, 0.4) is 0 Å². The summed E-state index contributed by atoms with van der Waals surface area (Å²) in [6.07, 6.45) is 9.94. The maximum absolute atomic E-state index is 12.8. The molecule has 1 saturated carbocycles. The lowest BCUT2D eigenvalue weighted by atomic mass is 9.87. The van der Waals surface area contributed by atoms with Gasteiger partial charge in [-0.2, -0.15) is 28.6 Å². The highest BCUT2D eigenvalue weighted by Crippen LogP contribution is 2.36. The Morgan fingerprint density at radius 1 is 1.11 bits per heavy atom. The molecule has 5 heterocycles. The van der Waals surface area contributed by atoms with Crippen molar-refractivity contribution in [3.63, 3.8) is 0 Å². The molecule has 6 rings (SSSR count). The van der Waals surface area contributed by atoms with E-state index < -0.39 is 18.3 Å². The van der Waals surface area contributed by atoms with Crippen molar-refractivity contribution < 1.29 is 13.2 Å². The molecular formula is C23H22F3N9. The zero-order chi connectivity index (χ0) is 24.2. The van der Waals surface area contributed by atoms with E-state index >= 15 is 0 Å². The maximum Gasteiger partial charge on any atom is 0.401 e. The minimum Gasteiger partial charge on any atom is -0.290 e. The van der Waals surface area contributed by atoms with Crippen LogP contribution in [0.2, 0.25) is 0 Å². The number of alkyl halides is 3. The fourth-order valence-corrected chi connectivity index (χ4v) is 4.93. The summed E-state index contributed by atoms with van der Waals surface area (Å²) in [5.74, 6) is 0.608. The van der Waals surface area contributed by atoms with Crippen molar-refractivity contribution in [3.05, 3.63) is 43.2 Å². The Balaban J connectivity index is 1.33. The van der Waals surface area contributed by atoms with E-state index in [2.05, 4.69) is 21.3 Å². The summed E-state index contributed by atoms with van der Waals surface area (Å²) in [4.78, 5) is 10.6. The van der Waals surface area contributed by atoms with Crippen molar-refractivity contribution in [2.75, 3.05) is 19.6 Å². The normalized spacial score (nSPS) is 18.3. The Morgan fingerprint density at radius 3 is 2.63 bits per heavy atom. The van der Waals surface area contributed by atoms with Crippen LogP contribution in [-0.2, 0) is 5.54 Å². The van der Waals surface area contributed by atoms with Gasteiger partial charge >= 0.3 is 6.18 Å². The molecule has 0 radical (unpaired) electrons. The summed E-state index contributed by atoms with van der Waals surface area (Å²) in [5, 5.41) is 18.3. The second kappa shape index (κ2) is 7.91. The standard InChI is InChI=1S/C23H22F3N9/c24-23(25,26)15-32-13-22(14-32,4-5-27)35-12-17(10-30-35)21-31-19(8-20-28-6-7-33(20)21)16-9-29-34(11-16)18-2-1-3-18/h6-12,18H,1-4,13-15H2. The van der Waals surface area contributed by atoms with Gasteiger partial charge < -0.3 is 0 Å². The number of likely N-dealkylation sites (tertiary alicyclic amines) is 1. The van der Waals surface area contributed by atoms with Crippen LogP contribution in [0.4, 0.5) is 13.2 Å². The SMILES string of the molecule is N#CCC1(n2cc(-c3nc(-c4cnn(C5CCC5)c4)cc4nccn34)cn2)CN(CC(F)(F)F)C1. The van der Waals surface area contributed by atoms with Gasteiger partial charge in [0, 0.05) is 49.5 Å². The summed E-state index contributed by atoms with van der Waals surface area (Å²) in [5.41, 5.74) is 2.21. The van der Waals surface area contributed by atoms with Crippen LogP contribution >= 0.6 is 0 Å². The van der Waals surface area contributed by atoms with Gasteiger partial charge in [0.15, 0.2) is 0 Å². The molecule has 0 amide bonds. The molecule has 0 unspecified atom stereocenters. The largest absolute Gasteiger partial charge is 0.401 e. The predicted octanol–water partition coefficient (Wildman–Crippen LogP) is 3.67. The highest BCUT2D eigenvalue weighted by molar-refractivity contribution is 5.68. The molecule has 0 atom stereocenters. The molecule has 180 valence electrons. The highest BCUT2D eigenvalue weighted by Gasteiger charge is 2.48. The zero-order valence-electron chi connectivity index (χ0n) is 18.7. The molecule has 1 aliphatic heterocycles. The summed E-state index contributed by atoms with van der Waals surface area (Å²) in [6, 6.07) is 4.44. The number of aromatic nitrogens is 7. The average Bonchev–Trinajstić information content (AvgIpc) is 3.49. The second-order valence-corrected chi connectivity index (χ2v) is 9.41. The minimum absolute atomic E-state index is 0.0663. The second-order valence-electron chi connectivity index (χ2n) is 9.41. The number of nitriles is 1. The van der Waals surface area contributed by atoms with Gasteiger partial charge in [0.2, 0.25) is 0 Å². The van der Waals surface area contributed by atoms with Crippen LogP contribution in [0, 0.1) is 11.3 Å². The van der Waals surface area contributed by atoms with Crippen molar-refractivity contribution in [1.82, 2.24) is 38.8 Å². The molecule has 0 bridgehead atoms. The Hall–Kier alpha value is -3.72. The molecule has 0 aromatic carbocycles.